The van der Waals surface area contributed by atoms with Gasteiger partial charge < -0.3 is 10.6 Å². The Hall–Kier alpha value is -0.730. The molecule has 0 radical (unpaired) electrons. The third-order valence-corrected chi connectivity index (χ3v) is 3.29. The van der Waals surface area contributed by atoms with Gasteiger partial charge in [0.1, 0.15) is 0 Å². The first-order valence-electron chi connectivity index (χ1n) is 5.49. The number of rotatable bonds is 3. The second kappa shape index (κ2) is 4.86. The van der Waals surface area contributed by atoms with Crippen molar-refractivity contribution in [2.24, 2.45) is 0 Å². The maximum Gasteiger partial charge on any atom is 0.0455 e. The van der Waals surface area contributed by atoms with Gasteiger partial charge in [-0.1, -0.05) is 17.7 Å². The summed E-state index contributed by atoms with van der Waals surface area (Å²) < 4.78 is 0. The van der Waals surface area contributed by atoms with Gasteiger partial charge in [0.2, 0.25) is 0 Å². The molecule has 0 saturated carbocycles. The average molecular weight is 225 g/mol. The Kier molecular flexibility index (Phi) is 3.49. The molecule has 3 heteroatoms. The summed E-state index contributed by atoms with van der Waals surface area (Å²) in [7, 11) is 0. The first kappa shape index (κ1) is 10.8. The van der Waals surface area contributed by atoms with Gasteiger partial charge >= 0.3 is 0 Å². The highest BCUT2D eigenvalue weighted by molar-refractivity contribution is 6.31. The minimum absolute atomic E-state index is 0.616. The molecule has 0 amide bonds. The molecule has 0 bridgehead atoms. The van der Waals surface area contributed by atoms with Gasteiger partial charge in [0.05, 0.1) is 0 Å². The highest BCUT2D eigenvalue weighted by atomic mass is 35.5. The van der Waals surface area contributed by atoms with Crippen LogP contribution in [0, 0.1) is 6.92 Å². The lowest BCUT2D eigenvalue weighted by molar-refractivity contribution is 0.633. The minimum Gasteiger partial charge on any atom is -0.383 e. The zero-order valence-electron chi connectivity index (χ0n) is 9.02. The fourth-order valence-corrected chi connectivity index (χ4v) is 2.06. The minimum atomic E-state index is 0.616. The number of benzene rings is 1. The van der Waals surface area contributed by atoms with Gasteiger partial charge in [-0.3, -0.25) is 0 Å². The van der Waals surface area contributed by atoms with Crippen LogP contribution in [-0.4, -0.2) is 19.1 Å². The summed E-state index contributed by atoms with van der Waals surface area (Å²) in [5.41, 5.74) is 2.24. The number of anilines is 1. The van der Waals surface area contributed by atoms with Crippen LogP contribution in [0.25, 0.3) is 0 Å². The predicted octanol–water partition coefficient (Wildman–Crippen LogP) is 2.81. The van der Waals surface area contributed by atoms with Crippen LogP contribution in [0.5, 0.6) is 0 Å². The summed E-state index contributed by atoms with van der Waals surface area (Å²) in [6.07, 6.45) is 2.56. The highest BCUT2D eigenvalue weighted by Gasteiger charge is 2.13. The van der Waals surface area contributed by atoms with Crippen molar-refractivity contribution >= 4 is 17.3 Å². The third-order valence-electron chi connectivity index (χ3n) is 2.89. The van der Waals surface area contributed by atoms with Crippen LogP contribution in [0.3, 0.4) is 0 Å². The van der Waals surface area contributed by atoms with Crippen LogP contribution in [0.4, 0.5) is 5.69 Å². The molecule has 2 nitrogen and oxygen atoms in total. The molecule has 1 aliphatic rings. The number of halogens is 1. The van der Waals surface area contributed by atoms with E-state index in [1.165, 1.54) is 12.8 Å². The smallest absolute Gasteiger partial charge is 0.0455 e. The van der Waals surface area contributed by atoms with Crippen molar-refractivity contribution in [2.45, 2.75) is 25.8 Å². The van der Waals surface area contributed by atoms with E-state index in [2.05, 4.69) is 16.7 Å². The van der Waals surface area contributed by atoms with Crippen molar-refractivity contribution in [3.63, 3.8) is 0 Å². The molecule has 1 aliphatic heterocycles. The quantitative estimate of drug-likeness (QED) is 0.825. The molecular weight excluding hydrogens is 208 g/mol. The summed E-state index contributed by atoms with van der Waals surface area (Å²) in [4.78, 5) is 0. The van der Waals surface area contributed by atoms with Gasteiger partial charge in [-0.2, -0.15) is 0 Å². The molecule has 2 rings (SSSR count). The molecular formula is C12H17ClN2. The Morgan fingerprint density at radius 1 is 1.53 bits per heavy atom. The van der Waals surface area contributed by atoms with Crippen LogP contribution < -0.4 is 10.6 Å². The van der Waals surface area contributed by atoms with Gasteiger partial charge in [0.25, 0.3) is 0 Å². The van der Waals surface area contributed by atoms with Crippen molar-refractivity contribution in [3.8, 4) is 0 Å². The van der Waals surface area contributed by atoms with Crippen LogP contribution in [-0.2, 0) is 0 Å². The maximum absolute atomic E-state index is 6.05. The molecule has 1 saturated heterocycles. The SMILES string of the molecule is Cc1ccc(NCC2CCCN2)cc1Cl. The molecule has 0 aromatic heterocycles. The lowest BCUT2D eigenvalue weighted by atomic mass is 10.2. The van der Waals surface area contributed by atoms with Crippen molar-refractivity contribution in [3.05, 3.63) is 28.8 Å². The zero-order chi connectivity index (χ0) is 10.7. The van der Waals surface area contributed by atoms with Crippen LogP contribution in [0.2, 0.25) is 5.02 Å². The molecule has 1 heterocycles. The third kappa shape index (κ3) is 2.86. The largest absolute Gasteiger partial charge is 0.383 e. The van der Waals surface area contributed by atoms with Crippen molar-refractivity contribution in [1.29, 1.82) is 0 Å². The van der Waals surface area contributed by atoms with Gasteiger partial charge in [-0.15, -0.1) is 0 Å². The van der Waals surface area contributed by atoms with E-state index in [0.717, 1.165) is 29.4 Å². The van der Waals surface area contributed by atoms with Crippen LogP contribution >= 0.6 is 11.6 Å². The lowest BCUT2D eigenvalue weighted by Gasteiger charge is -2.13. The van der Waals surface area contributed by atoms with Crippen LogP contribution in [0.15, 0.2) is 18.2 Å². The fourth-order valence-electron chi connectivity index (χ4n) is 1.87. The average Bonchev–Trinajstić information content (AvgIpc) is 2.73. The van der Waals surface area contributed by atoms with E-state index >= 15 is 0 Å². The monoisotopic (exact) mass is 224 g/mol. The Bertz CT molecular complexity index is 332. The van der Waals surface area contributed by atoms with E-state index in [0.29, 0.717) is 6.04 Å². The Morgan fingerprint density at radius 2 is 2.40 bits per heavy atom. The summed E-state index contributed by atoms with van der Waals surface area (Å²) in [5, 5.41) is 7.70. The fraction of sp³-hybridized carbons (Fsp3) is 0.500. The maximum atomic E-state index is 6.05. The number of hydrogen-bond acceptors (Lipinski definition) is 2. The molecule has 1 unspecified atom stereocenters. The van der Waals surface area contributed by atoms with E-state index in [4.69, 9.17) is 11.6 Å². The molecule has 82 valence electrons. The van der Waals surface area contributed by atoms with Crippen LogP contribution in [0.1, 0.15) is 18.4 Å². The first-order chi connectivity index (χ1) is 7.25. The Labute approximate surface area is 96.0 Å². The molecule has 15 heavy (non-hydrogen) atoms. The Balaban J connectivity index is 1.90. The van der Waals surface area contributed by atoms with Gasteiger partial charge in [-0.05, 0) is 44.0 Å². The highest BCUT2D eigenvalue weighted by Crippen LogP contribution is 2.20. The summed E-state index contributed by atoms with van der Waals surface area (Å²) in [6, 6.07) is 6.74. The van der Waals surface area contributed by atoms with Crippen molar-refractivity contribution in [1.82, 2.24) is 5.32 Å². The number of hydrogen-bond donors (Lipinski definition) is 2. The van der Waals surface area contributed by atoms with E-state index < -0.39 is 0 Å². The van der Waals surface area contributed by atoms with E-state index in [1.54, 1.807) is 0 Å². The Morgan fingerprint density at radius 3 is 3.07 bits per heavy atom. The zero-order valence-corrected chi connectivity index (χ0v) is 9.77. The van der Waals surface area contributed by atoms with Gasteiger partial charge in [-0.25, -0.2) is 0 Å². The molecule has 0 aliphatic carbocycles. The van der Waals surface area contributed by atoms with Gasteiger partial charge in [0, 0.05) is 23.3 Å². The number of nitrogens with one attached hydrogen (secondary N) is 2. The lowest BCUT2D eigenvalue weighted by Crippen LogP contribution is -2.29. The van der Waals surface area contributed by atoms with Crippen molar-refractivity contribution in [2.75, 3.05) is 18.4 Å². The van der Waals surface area contributed by atoms with E-state index in [-0.39, 0.29) is 0 Å². The van der Waals surface area contributed by atoms with Gasteiger partial charge in [0.15, 0.2) is 0 Å². The summed E-state index contributed by atoms with van der Waals surface area (Å²) in [5.74, 6) is 0. The second-order valence-electron chi connectivity index (χ2n) is 4.14. The summed E-state index contributed by atoms with van der Waals surface area (Å²) in [6.45, 7) is 4.16. The second-order valence-corrected chi connectivity index (χ2v) is 4.55. The normalized spacial score (nSPS) is 20.5. The van der Waals surface area contributed by atoms with Crippen molar-refractivity contribution < 1.29 is 0 Å². The molecule has 0 spiro atoms. The van der Waals surface area contributed by atoms with E-state index in [1.807, 2.05) is 19.1 Å². The summed E-state index contributed by atoms with van der Waals surface area (Å²) >= 11 is 6.05. The number of aryl methyl sites for hydroxylation is 1. The molecule has 1 atom stereocenters. The van der Waals surface area contributed by atoms with E-state index in [9.17, 15) is 0 Å². The molecule has 1 aromatic carbocycles. The predicted molar refractivity (Wildman–Crippen MR) is 65.7 cm³/mol. The standard InChI is InChI=1S/C12H17ClN2/c1-9-4-5-10(7-12(9)13)15-8-11-3-2-6-14-11/h4-5,7,11,14-15H,2-3,6,8H2,1H3. The molecule has 1 aromatic rings. The molecule has 2 N–H and O–H groups in total. The molecule has 1 fully saturated rings. The topological polar surface area (TPSA) is 24.1 Å². The first-order valence-corrected chi connectivity index (χ1v) is 5.87.